The predicted octanol–water partition coefficient (Wildman–Crippen LogP) is 2.58. The molecule has 4 rings (SSSR count). The van der Waals surface area contributed by atoms with Crippen LogP contribution in [0, 0.1) is 6.92 Å². The Morgan fingerprint density at radius 2 is 2.30 bits per heavy atom. The van der Waals surface area contributed by atoms with Gasteiger partial charge in [-0.25, -0.2) is 9.97 Å². The monoisotopic (exact) mass is 333 g/mol. The number of aryl methyl sites for hydroxylation is 1. The molecule has 1 saturated heterocycles. The molecule has 1 fully saturated rings. The van der Waals surface area contributed by atoms with Crippen molar-refractivity contribution in [2.45, 2.75) is 25.9 Å². The zero-order chi connectivity index (χ0) is 14.9. The van der Waals surface area contributed by atoms with Crippen molar-refractivity contribution in [3.63, 3.8) is 0 Å². The number of pyridine rings is 1. The number of nitrogens with one attached hydrogen (secondary N) is 2. The van der Waals surface area contributed by atoms with E-state index in [1.54, 1.807) is 6.20 Å². The van der Waals surface area contributed by atoms with E-state index >= 15 is 0 Å². The van der Waals surface area contributed by atoms with Gasteiger partial charge in [0.1, 0.15) is 17.0 Å². The highest BCUT2D eigenvalue weighted by atomic mass is 35.5. The van der Waals surface area contributed by atoms with Crippen molar-refractivity contribution in [3.8, 4) is 0 Å². The Morgan fingerprint density at radius 1 is 1.39 bits per heavy atom. The minimum absolute atomic E-state index is 0. The molecule has 0 aliphatic carbocycles. The maximum absolute atomic E-state index is 5.71. The molecular weight excluding hydrogens is 314 g/mol. The van der Waals surface area contributed by atoms with Crippen LogP contribution in [0.3, 0.4) is 0 Å². The molecule has 0 radical (unpaired) electrons. The van der Waals surface area contributed by atoms with Gasteiger partial charge in [-0.3, -0.25) is 4.57 Å². The highest BCUT2D eigenvalue weighted by molar-refractivity contribution is 5.85. The lowest BCUT2D eigenvalue weighted by molar-refractivity contribution is 0.472. The third-order valence-corrected chi connectivity index (χ3v) is 4.01. The zero-order valence-corrected chi connectivity index (χ0v) is 13.8. The van der Waals surface area contributed by atoms with Crippen molar-refractivity contribution < 1.29 is 4.42 Å². The van der Waals surface area contributed by atoms with Gasteiger partial charge in [-0.1, -0.05) is 0 Å². The number of halogens is 1. The molecule has 3 aromatic rings. The number of anilines is 1. The SMILES string of the molecule is Cc1ccc(Cn2c(NC3CCNC3)nc3cccnc32)o1.Cl. The summed E-state index contributed by atoms with van der Waals surface area (Å²) in [5, 5.41) is 6.90. The Hall–Kier alpha value is -2.05. The highest BCUT2D eigenvalue weighted by Gasteiger charge is 2.19. The molecule has 1 unspecified atom stereocenters. The number of hydrogen-bond donors (Lipinski definition) is 2. The molecule has 0 bridgehead atoms. The first kappa shape index (κ1) is 15.8. The lowest BCUT2D eigenvalue weighted by atomic mass is 10.3. The second kappa shape index (κ2) is 6.60. The molecule has 0 amide bonds. The Bertz CT molecular complexity index is 791. The molecule has 2 N–H and O–H groups in total. The van der Waals surface area contributed by atoms with Gasteiger partial charge in [-0.2, -0.15) is 0 Å². The Kier molecular flexibility index (Phi) is 4.54. The third-order valence-electron chi connectivity index (χ3n) is 4.01. The summed E-state index contributed by atoms with van der Waals surface area (Å²) in [5.74, 6) is 2.69. The van der Waals surface area contributed by atoms with Crippen LogP contribution >= 0.6 is 12.4 Å². The summed E-state index contributed by atoms with van der Waals surface area (Å²) >= 11 is 0. The summed E-state index contributed by atoms with van der Waals surface area (Å²) in [4.78, 5) is 9.18. The fourth-order valence-corrected chi connectivity index (χ4v) is 2.90. The molecule has 3 aromatic heterocycles. The first-order valence-electron chi connectivity index (χ1n) is 7.63. The predicted molar refractivity (Wildman–Crippen MR) is 92.2 cm³/mol. The topological polar surface area (TPSA) is 67.9 Å². The number of imidazole rings is 1. The molecular formula is C16H20ClN5O. The molecule has 23 heavy (non-hydrogen) atoms. The second-order valence-corrected chi connectivity index (χ2v) is 5.71. The number of hydrogen-bond acceptors (Lipinski definition) is 5. The fraction of sp³-hybridized carbons (Fsp3) is 0.375. The number of fused-ring (bicyclic) bond motifs is 1. The lowest BCUT2D eigenvalue weighted by Gasteiger charge is -2.13. The Labute approximate surface area is 140 Å². The molecule has 1 aliphatic rings. The van der Waals surface area contributed by atoms with E-state index in [9.17, 15) is 0 Å². The van der Waals surface area contributed by atoms with Crippen LogP contribution in [-0.2, 0) is 6.54 Å². The standard InChI is InChI=1S/C16H19N5O.ClH/c1-11-4-5-13(22-11)10-21-15-14(3-2-7-18-15)20-16(21)19-12-6-8-17-9-12;/h2-5,7,12,17H,6,8-10H2,1H3,(H,19,20);1H. The van der Waals surface area contributed by atoms with E-state index in [1.807, 2.05) is 31.2 Å². The van der Waals surface area contributed by atoms with E-state index < -0.39 is 0 Å². The van der Waals surface area contributed by atoms with E-state index in [2.05, 4.69) is 20.2 Å². The van der Waals surface area contributed by atoms with Crippen LogP contribution in [0.4, 0.5) is 5.95 Å². The summed E-state index contributed by atoms with van der Waals surface area (Å²) in [5.41, 5.74) is 1.78. The third kappa shape index (κ3) is 3.18. The van der Waals surface area contributed by atoms with Gasteiger partial charge in [0, 0.05) is 18.8 Å². The van der Waals surface area contributed by atoms with Crippen molar-refractivity contribution in [1.82, 2.24) is 19.9 Å². The number of nitrogens with zero attached hydrogens (tertiary/aromatic N) is 3. The average molecular weight is 334 g/mol. The van der Waals surface area contributed by atoms with Gasteiger partial charge in [0.25, 0.3) is 0 Å². The Balaban J connectivity index is 0.00000156. The summed E-state index contributed by atoms with van der Waals surface area (Å²) in [6.07, 6.45) is 2.91. The van der Waals surface area contributed by atoms with Crippen LogP contribution in [0.15, 0.2) is 34.9 Å². The van der Waals surface area contributed by atoms with Gasteiger partial charge < -0.3 is 15.1 Å². The van der Waals surface area contributed by atoms with E-state index in [0.29, 0.717) is 12.6 Å². The molecule has 1 aliphatic heterocycles. The molecule has 4 heterocycles. The highest BCUT2D eigenvalue weighted by Crippen LogP contribution is 2.21. The molecule has 122 valence electrons. The van der Waals surface area contributed by atoms with Crippen LogP contribution in [0.5, 0.6) is 0 Å². The first-order chi connectivity index (χ1) is 10.8. The minimum Gasteiger partial charge on any atom is -0.464 e. The maximum Gasteiger partial charge on any atom is 0.205 e. The number of furan rings is 1. The van der Waals surface area contributed by atoms with Crippen LogP contribution < -0.4 is 10.6 Å². The van der Waals surface area contributed by atoms with Gasteiger partial charge in [0.15, 0.2) is 5.65 Å². The van der Waals surface area contributed by atoms with Gasteiger partial charge in [0.05, 0.1) is 6.54 Å². The van der Waals surface area contributed by atoms with Crippen molar-refractivity contribution in [2.75, 3.05) is 18.4 Å². The lowest BCUT2D eigenvalue weighted by Crippen LogP contribution is -2.24. The first-order valence-corrected chi connectivity index (χ1v) is 7.63. The largest absolute Gasteiger partial charge is 0.464 e. The quantitative estimate of drug-likeness (QED) is 0.768. The molecule has 7 heteroatoms. The summed E-state index contributed by atoms with van der Waals surface area (Å²) in [6, 6.07) is 8.30. The maximum atomic E-state index is 5.71. The van der Waals surface area contributed by atoms with E-state index in [4.69, 9.17) is 9.40 Å². The van der Waals surface area contributed by atoms with Crippen LogP contribution in [0.25, 0.3) is 11.2 Å². The fourth-order valence-electron chi connectivity index (χ4n) is 2.90. The minimum atomic E-state index is 0. The summed E-state index contributed by atoms with van der Waals surface area (Å²) in [6.45, 7) is 4.60. The summed E-state index contributed by atoms with van der Waals surface area (Å²) < 4.78 is 7.80. The van der Waals surface area contributed by atoms with Crippen molar-refractivity contribution in [3.05, 3.63) is 42.0 Å². The number of rotatable bonds is 4. The van der Waals surface area contributed by atoms with Gasteiger partial charge >= 0.3 is 0 Å². The zero-order valence-electron chi connectivity index (χ0n) is 13.0. The number of aromatic nitrogens is 3. The molecule has 1 atom stereocenters. The molecule has 6 nitrogen and oxygen atoms in total. The average Bonchev–Trinajstić information content (AvgIpc) is 3.23. The van der Waals surface area contributed by atoms with Gasteiger partial charge in [-0.05, 0) is 44.2 Å². The molecule has 0 spiro atoms. The smallest absolute Gasteiger partial charge is 0.205 e. The van der Waals surface area contributed by atoms with Crippen molar-refractivity contribution in [2.24, 2.45) is 0 Å². The summed E-state index contributed by atoms with van der Waals surface area (Å²) in [7, 11) is 0. The normalized spacial score (nSPS) is 17.3. The molecule has 0 aromatic carbocycles. The van der Waals surface area contributed by atoms with E-state index in [-0.39, 0.29) is 12.4 Å². The van der Waals surface area contributed by atoms with Crippen molar-refractivity contribution in [1.29, 1.82) is 0 Å². The van der Waals surface area contributed by atoms with E-state index in [0.717, 1.165) is 48.1 Å². The van der Waals surface area contributed by atoms with Crippen LogP contribution in [0.2, 0.25) is 0 Å². The van der Waals surface area contributed by atoms with Crippen LogP contribution in [-0.4, -0.2) is 33.7 Å². The van der Waals surface area contributed by atoms with E-state index in [1.165, 1.54) is 0 Å². The van der Waals surface area contributed by atoms with Gasteiger partial charge in [-0.15, -0.1) is 12.4 Å². The van der Waals surface area contributed by atoms with Gasteiger partial charge in [0.2, 0.25) is 5.95 Å². The molecule has 0 saturated carbocycles. The second-order valence-electron chi connectivity index (χ2n) is 5.71. The Morgan fingerprint density at radius 3 is 3.04 bits per heavy atom. The van der Waals surface area contributed by atoms with Crippen LogP contribution in [0.1, 0.15) is 17.9 Å². The van der Waals surface area contributed by atoms with Crippen molar-refractivity contribution >= 4 is 29.5 Å².